The van der Waals surface area contributed by atoms with Crippen molar-refractivity contribution in [1.29, 1.82) is 0 Å². The fraction of sp³-hybridized carbons (Fsp3) is 0.667. The number of nitrogens with zero attached hydrogens (tertiary/aromatic N) is 2. The van der Waals surface area contributed by atoms with Crippen LogP contribution in [0.1, 0.15) is 20.8 Å². The van der Waals surface area contributed by atoms with Crippen LogP contribution in [-0.2, 0) is 7.05 Å². The van der Waals surface area contributed by atoms with Crippen LogP contribution in [0, 0.1) is 0 Å². The van der Waals surface area contributed by atoms with Crippen molar-refractivity contribution in [2.24, 2.45) is 7.05 Å². The van der Waals surface area contributed by atoms with Crippen molar-refractivity contribution in [2.75, 3.05) is 5.32 Å². The van der Waals surface area contributed by atoms with E-state index in [9.17, 15) is 5.11 Å². The molecule has 1 aromatic heterocycles. The van der Waals surface area contributed by atoms with Crippen molar-refractivity contribution in [3.63, 3.8) is 0 Å². The van der Waals surface area contributed by atoms with Crippen LogP contribution in [0.25, 0.3) is 0 Å². The van der Waals surface area contributed by atoms with E-state index in [0.717, 1.165) is 5.95 Å². The van der Waals surface area contributed by atoms with Gasteiger partial charge in [0.2, 0.25) is 5.95 Å². The highest BCUT2D eigenvalue weighted by Gasteiger charge is 2.24. The number of aryl methyl sites for hydroxylation is 1. The van der Waals surface area contributed by atoms with Crippen molar-refractivity contribution in [3.8, 4) is 0 Å². The zero-order valence-electron chi connectivity index (χ0n) is 8.57. The van der Waals surface area contributed by atoms with Gasteiger partial charge in [-0.2, -0.15) is 0 Å². The van der Waals surface area contributed by atoms with E-state index in [-0.39, 0.29) is 5.54 Å². The zero-order chi connectivity index (χ0) is 10.1. The molecule has 4 nitrogen and oxygen atoms in total. The van der Waals surface area contributed by atoms with E-state index in [1.807, 2.05) is 31.7 Å². The highest BCUT2D eigenvalue weighted by atomic mass is 16.3. The summed E-state index contributed by atoms with van der Waals surface area (Å²) in [6.07, 6.45) is 3.16. The minimum atomic E-state index is -0.427. The van der Waals surface area contributed by atoms with Crippen LogP contribution < -0.4 is 5.32 Å². The Kier molecular flexibility index (Phi) is 2.61. The van der Waals surface area contributed by atoms with Crippen LogP contribution in [-0.4, -0.2) is 26.3 Å². The lowest BCUT2D eigenvalue weighted by atomic mass is 9.99. The lowest BCUT2D eigenvalue weighted by Gasteiger charge is -2.29. The Bertz CT molecular complexity index is 278. The Hall–Kier alpha value is -1.03. The monoisotopic (exact) mass is 183 g/mol. The van der Waals surface area contributed by atoms with Gasteiger partial charge in [0.25, 0.3) is 0 Å². The predicted octanol–water partition coefficient (Wildman–Crippen LogP) is 0.991. The molecule has 0 aliphatic heterocycles. The average molecular weight is 183 g/mol. The smallest absolute Gasteiger partial charge is 0.203 e. The van der Waals surface area contributed by atoms with Crippen LogP contribution >= 0.6 is 0 Å². The molecule has 4 heteroatoms. The third-order valence-electron chi connectivity index (χ3n) is 2.30. The second-order valence-corrected chi connectivity index (χ2v) is 3.88. The van der Waals surface area contributed by atoms with Gasteiger partial charge < -0.3 is 15.0 Å². The second-order valence-electron chi connectivity index (χ2n) is 3.88. The number of rotatable bonds is 3. The molecule has 1 rings (SSSR count). The molecule has 1 aromatic rings. The van der Waals surface area contributed by atoms with Crippen molar-refractivity contribution in [2.45, 2.75) is 32.4 Å². The van der Waals surface area contributed by atoms with Crippen molar-refractivity contribution in [3.05, 3.63) is 12.4 Å². The number of anilines is 1. The average Bonchev–Trinajstić information content (AvgIpc) is 2.35. The maximum atomic E-state index is 9.47. The molecule has 0 saturated carbocycles. The summed E-state index contributed by atoms with van der Waals surface area (Å²) < 4.78 is 1.88. The summed E-state index contributed by atoms with van der Waals surface area (Å²) in [4.78, 5) is 4.12. The Morgan fingerprint density at radius 1 is 1.62 bits per heavy atom. The molecule has 0 saturated heterocycles. The van der Waals surface area contributed by atoms with Gasteiger partial charge in [0.1, 0.15) is 0 Å². The maximum absolute atomic E-state index is 9.47. The van der Waals surface area contributed by atoms with E-state index in [1.54, 1.807) is 13.1 Å². The van der Waals surface area contributed by atoms with Gasteiger partial charge in [0, 0.05) is 19.4 Å². The molecule has 0 spiro atoms. The van der Waals surface area contributed by atoms with E-state index in [4.69, 9.17) is 0 Å². The molecule has 2 N–H and O–H groups in total. The normalized spacial score (nSPS) is 14.2. The van der Waals surface area contributed by atoms with Crippen LogP contribution in [0.2, 0.25) is 0 Å². The van der Waals surface area contributed by atoms with Gasteiger partial charge in [0.15, 0.2) is 0 Å². The van der Waals surface area contributed by atoms with Gasteiger partial charge in [-0.25, -0.2) is 4.98 Å². The molecule has 0 aromatic carbocycles. The van der Waals surface area contributed by atoms with Crippen LogP contribution in [0.15, 0.2) is 12.4 Å². The second kappa shape index (κ2) is 3.38. The first-order chi connectivity index (χ1) is 5.93. The van der Waals surface area contributed by atoms with Gasteiger partial charge in [-0.1, -0.05) is 0 Å². The van der Waals surface area contributed by atoms with E-state index < -0.39 is 6.10 Å². The summed E-state index contributed by atoms with van der Waals surface area (Å²) in [5.74, 6) is 0.769. The molecule has 0 fully saturated rings. The first kappa shape index (κ1) is 10.1. The molecule has 0 aliphatic rings. The molecule has 0 bridgehead atoms. The summed E-state index contributed by atoms with van der Waals surface area (Å²) in [7, 11) is 1.91. The first-order valence-corrected chi connectivity index (χ1v) is 4.37. The summed E-state index contributed by atoms with van der Waals surface area (Å²) in [6, 6.07) is 0. The number of hydrogen-bond donors (Lipinski definition) is 2. The third kappa shape index (κ3) is 2.21. The Balaban J connectivity index is 2.74. The highest BCUT2D eigenvalue weighted by molar-refractivity contribution is 5.30. The fourth-order valence-electron chi connectivity index (χ4n) is 0.879. The molecule has 0 amide bonds. The van der Waals surface area contributed by atoms with Crippen LogP contribution in [0.5, 0.6) is 0 Å². The molecular weight excluding hydrogens is 166 g/mol. The molecule has 0 aliphatic carbocycles. The topological polar surface area (TPSA) is 50.1 Å². The van der Waals surface area contributed by atoms with Gasteiger partial charge in [0.05, 0.1) is 11.6 Å². The number of hydrogen-bond acceptors (Lipinski definition) is 3. The van der Waals surface area contributed by atoms with Gasteiger partial charge in [-0.05, 0) is 20.8 Å². The summed E-state index contributed by atoms with van der Waals surface area (Å²) >= 11 is 0. The minimum Gasteiger partial charge on any atom is -0.391 e. The Labute approximate surface area is 78.6 Å². The lowest BCUT2D eigenvalue weighted by molar-refractivity contribution is 0.132. The first-order valence-electron chi connectivity index (χ1n) is 4.37. The molecule has 0 radical (unpaired) electrons. The number of aliphatic hydroxyl groups excluding tert-OH is 1. The van der Waals surface area contributed by atoms with Crippen LogP contribution in [0.3, 0.4) is 0 Å². The highest BCUT2D eigenvalue weighted by Crippen LogP contribution is 2.15. The minimum absolute atomic E-state index is 0.362. The Morgan fingerprint density at radius 2 is 2.23 bits per heavy atom. The van der Waals surface area contributed by atoms with E-state index in [2.05, 4.69) is 10.3 Å². The standard InChI is InChI=1S/C9H17N3O/c1-7(13)9(2,3)11-8-10-5-6-12(8)4/h5-7,13H,1-4H3,(H,10,11). The number of aliphatic hydroxyl groups is 1. The van der Waals surface area contributed by atoms with Gasteiger partial charge in [-0.3, -0.25) is 0 Å². The van der Waals surface area contributed by atoms with E-state index in [0.29, 0.717) is 0 Å². The largest absolute Gasteiger partial charge is 0.391 e. The molecule has 1 atom stereocenters. The maximum Gasteiger partial charge on any atom is 0.203 e. The molecule has 1 heterocycles. The van der Waals surface area contributed by atoms with Crippen molar-refractivity contribution in [1.82, 2.24) is 9.55 Å². The van der Waals surface area contributed by atoms with Gasteiger partial charge in [-0.15, -0.1) is 0 Å². The zero-order valence-corrected chi connectivity index (χ0v) is 8.57. The number of imidazole rings is 1. The van der Waals surface area contributed by atoms with Crippen molar-refractivity contribution < 1.29 is 5.11 Å². The molecule has 74 valence electrons. The number of nitrogens with one attached hydrogen (secondary N) is 1. The molecule has 1 unspecified atom stereocenters. The van der Waals surface area contributed by atoms with E-state index >= 15 is 0 Å². The van der Waals surface area contributed by atoms with E-state index in [1.165, 1.54) is 0 Å². The van der Waals surface area contributed by atoms with Gasteiger partial charge >= 0.3 is 0 Å². The lowest BCUT2D eigenvalue weighted by Crippen LogP contribution is -2.42. The molecular formula is C9H17N3O. The quantitative estimate of drug-likeness (QED) is 0.734. The predicted molar refractivity (Wildman–Crippen MR) is 52.6 cm³/mol. The summed E-state index contributed by atoms with van der Waals surface area (Å²) in [6.45, 7) is 5.63. The third-order valence-corrected chi connectivity index (χ3v) is 2.30. The summed E-state index contributed by atoms with van der Waals surface area (Å²) in [5.41, 5.74) is -0.362. The fourth-order valence-corrected chi connectivity index (χ4v) is 0.879. The SMILES string of the molecule is CC(O)C(C)(C)Nc1nccn1C. The molecule has 13 heavy (non-hydrogen) atoms. The van der Waals surface area contributed by atoms with Crippen LogP contribution in [0.4, 0.5) is 5.95 Å². The number of aromatic nitrogens is 2. The Morgan fingerprint density at radius 3 is 2.62 bits per heavy atom. The van der Waals surface area contributed by atoms with Crippen molar-refractivity contribution >= 4 is 5.95 Å². The summed E-state index contributed by atoms with van der Waals surface area (Å²) in [5, 5.41) is 12.6.